The van der Waals surface area contributed by atoms with Crippen molar-refractivity contribution in [2.45, 2.75) is 33.2 Å². The van der Waals surface area contributed by atoms with E-state index >= 15 is 0 Å². The van der Waals surface area contributed by atoms with Crippen LogP contribution in [0.2, 0.25) is 0 Å². The molecule has 1 rings (SSSR count). The van der Waals surface area contributed by atoms with Crippen LogP contribution in [0.5, 0.6) is 0 Å². The summed E-state index contributed by atoms with van der Waals surface area (Å²) >= 11 is 1.24. The molecule has 0 heterocycles. The van der Waals surface area contributed by atoms with Gasteiger partial charge in [-0.1, -0.05) is 29.3 Å². The Bertz CT molecular complexity index is 469. The number of benzene rings is 1. The van der Waals surface area contributed by atoms with Gasteiger partial charge in [-0.3, -0.25) is 9.59 Å². The van der Waals surface area contributed by atoms with Crippen LogP contribution in [-0.4, -0.2) is 29.4 Å². The van der Waals surface area contributed by atoms with E-state index in [-0.39, 0.29) is 23.5 Å². The Balaban J connectivity index is 2.40. The average Bonchev–Trinajstić information content (AvgIpc) is 2.25. The van der Waals surface area contributed by atoms with E-state index in [4.69, 9.17) is 5.73 Å². The molecule has 0 unspecified atom stereocenters. The predicted molar refractivity (Wildman–Crippen MR) is 83.7 cm³/mol. The lowest BCUT2D eigenvalue weighted by Crippen LogP contribution is -2.35. The molecule has 0 aliphatic rings. The molecule has 0 saturated heterocycles. The molecular weight excluding hydrogens is 272 g/mol. The molecule has 1 aromatic rings. The molecule has 0 bridgehead atoms. The predicted octanol–water partition coefficient (Wildman–Crippen LogP) is 1.57. The van der Waals surface area contributed by atoms with Crippen molar-refractivity contribution in [3.8, 4) is 0 Å². The number of hydrogen-bond donors (Lipinski definition) is 2. The highest BCUT2D eigenvalue weighted by molar-refractivity contribution is 8.00. The van der Waals surface area contributed by atoms with Crippen LogP contribution in [0.3, 0.4) is 0 Å². The first-order valence-electron chi connectivity index (χ1n) is 6.59. The molecule has 5 heteroatoms. The third kappa shape index (κ3) is 6.61. The molecule has 0 aromatic heterocycles. The summed E-state index contributed by atoms with van der Waals surface area (Å²) in [6.45, 7) is 6.12. The molecule has 3 N–H and O–H groups in total. The molecule has 0 aliphatic heterocycles. The number of nitrogens with two attached hydrogens (primary N) is 1. The minimum absolute atomic E-state index is 0.0619. The lowest BCUT2D eigenvalue weighted by molar-refractivity contribution is -0.119. The quantitative estimate of drug-likeness (QED) is 0.802. The number of rotatable bonds is 7. The van der Waals surface area contributed by atoms with Gasteiger partial charge in [-0.05, 0) is 32.8 Å². The Hall–Kier alpha value is -1.49. The molecule has 1 atom stereocenters. The van der Waals surface area contributed by atoms with Crippen LogP contribution in [0, 0.1) is 13.8 Å². The summed E-state index contributed by atoms with van der Waals surface area (Å²) in [7, 11) is 0. The van der Waals surface area contributed by atoms with Gasteiger partial charge in [0.05, 0.1) is 11.5 Å². The Kier molecular flexibility index (Phi) is 6.58. The fraction of sp³-hybridized carbons (Fsp3) is 0.467. The zero-order valence-corrected chi connectivity index (χ0v) is 13.0. The highest BCUT2D eigenvalue weighted by atomic mass is 32.2. The van der Waals surface area contributed by atoms with Crippen LogP contribution in [0.1, 0.15) is 23.6 Å². The fourth-order valence-corrected chi connectivity index (χ4v) is 2.72. The minimum Gasteiger partial charge on any atom is -0.369 e. The molecule has 110 valence electrons. The van der Waals surface area contributed by atoms with Gasteiger partial charge in [0.15, 0.2) is 0 Å². The zero-order chi connectivity index (χ0) is 15.1. The number of aryl methyl sites for hydroxylation is 2. The van der Waals surface area contributed by atoms with Crippen molar-refractivity contribution < 1.29 is 9.59 Å². The van der Waals surface area contributed by atoms with E-state index in [9.17, 15) is 9.59 Å². The van der Waals surface area contributed by atoms with E-state index in [1.54, 1.807) is 0 Å². The van der Waals surface area contributed by atoms with Crippen molar-refractivity contribution in [2.24, 2.45) is 5.73 Å². The molecule has 1 aromatic carbocycles. The topological polar surface area (TPSA) is 72.2 Å². The second kappa shape index (κ2) is 7.94. The normalized spacial score (nSPS) is 11.9. The number of nitrogens with one attached hydrogen (secondary N) is 1. The largest absolute Gasteiger partial charge is 0.369 e. The average molecular weight is 294 g/mol. The van der Waals surface area contributed by atoms with E-state index in [1.165, 1.54) is 28.5 Å². The number of thioether (sulfide) groups is 1. The van der Waals surface area contributed by atoms with Gasteiger partial charge < -0.3 is 11.1 Å². The van der Waals surface area contributed by atoms with Gasteiger partial charge in [0.2, 0.25) is 11.8 Å². The van der Waals surface area contributed by atoms with Gasteiger partial charge in [0, 0.05) is 6.04 Å². The third-order valence-electron chi connectivity index (χ3n) is 2.71. The van der Waals surface area contributed by atoms with Crippen LogP contribution in [0.15, 0.2) is 18.2 Å². The van der Waals surface area contributed by atoms with Crippen molar-refractivity contribution in [1.82, 2.24) is 5.32 Å². The first-order chi connectivity index (χ1) is 9.36. The third-order valence-corrected chi connectivity index (χ3v) is 3.66. The standard InChI is InChI=1S/C15H22N2O2S/c1-10-4-11(2)6-13(5-10)7-12(3)17-15(19)9-20-8-14(16)18/h4-6,12H,7-9H2,1-3H3,(H2,16,18)(H,17,19)/t12-/m0/s1. The highest BCUT2D eigenvalue weighted by Crippen LogP contribution is 2.11. The van der Waals surface area contributed by atoms with Crippen LogP contribution in [0.25, 0.3) is 0 Å². The highest BCUT2D eigenvalue weighted by Gasteiger charge is 2.09. The summed E-state index contributed by atoms with van der Waals surface area (Å²) in [4.78, 5) is 22.3. The number of amides is 2. The first kappa shape index (κ1) is 16.6. The molecular formula is C15H22N2O2S. The first-order valence-corrected chi connectivity index (χ1v) is 7.75. The van der Waals surface area contributed by atoms with Crippen molar-refractivity contribution in [2.75, 3.05) is 11.5 Å². The van der Waals surface area contributed by atoms with Crippen molar-refractivity contribution in [3.05, 3.63) is 34.9 Å². The second-order valence-electron chi connectivity index (χ2n) is 5.13. The Labute approximate surface area is 124 Å². The van der Waals surface area contributed by atoms with Crippen molar-refractivity contribution in [1.29, 1.82) is 0 Å². The molecule has 0 saturated carbocycles. The number of carbonyl (C=O) groups is 2. The molecule has 0 fully saturated rings. The lowest BCUT2D eigenvalue weighted by atomic mass is 10.0. The van der Waals surface area contributed by atoms with Gasteiger partial charge in [-0.25, -0.2) is 0 Å². The summed E-state index contributed by atoms with van der Waals surface area (Å²) in [6.07, 6.45) is 0.800. The summed E-state index contributed by atoms with van der Waals surface area (Å²) in [6, 6.07) is 6.47. The van der Waals surface area contributed by atoms with E-state index in [2.05, 4.69) is 37.4 Å². The van der Waals surface area contributed by atoms with E-state index in [1.807, 2.05) is 6.92 Å². The summed E-state index contributed by atoms with van der Waals surface area (Å²) < 4.78 is 0. The van der Waals surface area contributed by atoms with Crippen molar-refractivity contribution >= 4 is 23.6 Å². The van der Waals surface area contributed by atoms with Gasteiger partial charge in [-0.2, -0.15) is 0 Å². The van der Waals surface area contributed by atoms with Crippen LogP contribution < -0.4 is 11.1 Å². The van der Waals surface area contributed by atoms with E-state index in [0.29, 0.717) is 0 Å². The number of carbonyl (C=O) groups excluding carboxylic acids is 2. The number of primary amides is 1. The van der Waals surface area contributed by atoms with Gasteiger partial charge >= 0.3 is 0 Å². The molecule has 4 nitrogen and oxygen atoms in total. The van der Waals surface area contributed by atoms with Gasteiger partial charge in [0.25, 0.3) is 0 Å². The Morgan fingerprint density at radius 1 is 1.20 bits per heavy atom. The summed E-state index contributed by atoms with van der Waals surface area (Å²) in [5.74, 6) is -0.0156. The van der Waals surface area contributed by atoms with Crippen LogP contribution in [-0.2, 0) is 16.0 Å². The second-order valence-corrected chi connectivity index (χ2v) is 6.11. The molecule has 0 radical (unpaired) electrons. The maximum atomic E-state index is 11.7. The molecule has 2 amide bonds. The summed E-state index contributed by atoms with van der Waals surface area (Å²) in [5, 5.41) is 2.93. The minimum atomic E-state index is -0.397. The fourth-order valence-electron chi connectivity index (χ4n) is 2.15. The van der Waals surface area contributed by atoms with Gasteiger partial charge in [-0.15, -0.1) is 11.8 Å². The Morgan fingerprint density at radius 3 is 2.35 bits per heavy atom. The monoisotopic (exact) mass is 294 g/mol. The smallest absolute Gasteiger partial charge is 0.230 e. The Morgan fingerprint density at radius 2 is 1.80 bits per heavy atom. The van der Waals surface area contributed by atoms with Gasteiger partial charge in [0.1, 0.15) is 0 Å². The van der Waals surface area contributed by atoms with Crippen molar-refractivity contribution in [3.63, 3.8) is 0 Å². The lowest BCUT2D eigenvalue weighted by Gasteiger charge is -2.14. The molecule has 0 aliphatic carbocycles. The van der Waals surface area contributed by atoms with Crippen LogP contribution in [0.4, 0.5) is 0 Å². The van der Waals surface area contributed by atoms with E-state index < -0.39 is 5.91 Å². The maximum Gasteiger partial charge on any atom is 0.230 e. The molecule has 0 spiro atoms. The molecule has 20 heavy (non-hydrogen) atoms. The van der Waals surface area contributed by atoms with Crippen LogP contribution >= 0.6 is 11.8 Å². The van der Waals surface area contributed by atoms with E-state index in [0.717, 1.165) is 6.42 Å². The maximum absolute atomic E-state index is 11.7. The SMILES string of the molecule is Cc1cc(C)cc(C[C@H](C)NC(=O)CSCC(N)=O)c1. The zero-order valence-electron chi connectivity index (χ0n) is 12.2. The number of hydrogen-bond acceptors (Lipinski definition) is 3. The summed E-state index contributed by atoms with van der Waals surface area (Å²) in [5.41, 5.74) is 8.71.